The fourth-order valence-corrected chi connectivity index (χ4v) is 2.35. The number of hydrogen-bond acceptors (Lipinski definition) is 3. The highest BCUT2D eigenvalue weighted by Crippen LogP contribution is 2.32. The fraction of sp³-hybridized carbons (Fsp3) is 0.450. The molecule has 0 saturated carbocycles. The van der Waals surface area contributed by atoms with Crippen LogP contribution in [-0.4, -0.2) is 19.1 Å². The van der Waals surface area contributed by atoms with Crippen LogP contribution in [0.4, 0.5) is 0 Å². The average Bonchev–Trinajstić information content (AvgIpc) is 2.55. The highest BCUT2D eigenvalue weighted by Gasteiger charge is 2.19. The molecule has 0 aliphatic rings. The molecule has 132 valence electrons. The second-order valence-corrected chi connectivity index (χ2v) is 5.69. The van der Waals surface area contributed by atoms with E-state index in [0.29, 0.717) is 19.0 Å². The third-order valence-electron chi connectivity index (χ3n) is 3.44. The lowest BCUT2D eigenvalue weighted by atomic mass is 9.95. The number of allylic oxidation sites excluding steroid dienone is 3. The van der Waals surface area contributed by atoms with Crippen LogP contribution in [0.25, 0.3) is 0 Å². The van der Waals surface area contributed by atoms with E-state index < -0.39 is 0 Å². The maximum atomic E-state index is 12.1. The van der Waals surface area contributed by atoms with E-state index in [1.54, 1.807) is 6.08 Å². The zero-order valence-corrected chi connectivity index (χ0v) is 15.3. The Morgan fingerprint density at radius 2 is 1.79 bits per heavy atom. The zero-order valence-electron chi connectivity index (χ0n) is 15.3. The molecule has 0 fully saturated rings. The molecule has 1 atom stereocenters. The Hall–Kier alpha value is -2.23. The van der Waals surface area contributed by atoms with Gasteiger partial charge < -0.3 is 14.8 Å². The molecule has 0 heterocycles. The minimum absolute atomic E-state index is 0.0948. The van der Waals surface area contributed by atoms with Gasteiger partial charge in [0, 0.05) is 6.08 Å². The Labute approximate surface area is 145 Å². The monoisotopic (exact) mass is 331 g/mol. The van der Waals surface area contributed by atoms with Crippen LogP contribution in [0.3, 0.4) is 0 Å². The standard InChI is InChI=1S/C20H29NO3/c1-6-9-10-11-19(22)21-20(15(4)5)16-12-13-17(23-7-2)18(14-16)24-8-3/h6,9-15,20H,7-8H2,1-5H3,(H,21,22)/b9-6+,11-10+. The topological polar surface area (TPSA) is 47.6 Å². The minimum Gasteiger partial charge on any atom is -0.490 e. The first kappa shape index (κ1) is 19.8. The summed E-state index contributed by atoms with van der Waals surface area (Å²) < 4.78 is 11.3. The van der Waals surface area contributed by atoms with Crippen molar-refractivity contribution in [2.75, 3.05) is 13.2 Å². The van der Waals surface area contributed by atoms with Crippen molar-refractivity contribution in [3.8, 4) is 11.5 Å². The molecule has 0 spiro atoms. The van der Waals surface area contributed by atoms with Crippen LogP contribution < -0.4 is 14.8 Å². The van der Waals surface area contributed by atoms with Gasteiger partial charge in [-0.3, -0.25) is 4.79 Å². The number of carbonyl (C=O) groups excluding carboxylic acids is 1. The van der Waals surface area contributed by atoms with Gasteiger partial charge in [-0.25, -0.2) is 0 Å². The molecule has 1 rings (SSSR count). The lowest BCUT2D eigenvalue weighted by Gasteiger charge is -2.23. The van der Waals surface area contributed by atoms with E-state index in [0.717, 1.165) is 11.3 Å². The molecule has 0 aromatic heterocycles. The van der Waals surface area contributed by atoms with E-state index in [1.165, 1.54) is 6.08 Å². The molecule has 0 aliphatic heterocycles. The molecule has 0 radical (unpaired) electrons. The molecule has 1 aromatic rings. The van der Waals surface area contributed by atoms with Gasteiger partial charge in [0.05, 0.1) is 19.3 Å². The SMILES string of the molecule is C/C=C/C=C/C(=O)NC(c1ccc(OCC)c(OCC)c1)C(C)C. The van der Waals surface area contributed by atoms with Crippen LogP contribution in [-0.2, 0) is 4.79 Å². The van der Waals surface area contributed by atoms with E-state index in [2.05, 4.69) is 19.2 Å². The third kappa shape index (κ3) is 6.11. The van der Waals surface area contributed by atoms with Gasteiger partial charge in [-0.15, -0.1) is 0 Å². The largest absolute Gasteiger partial charge is 0.490 e. The molecule has 0 aliphatic carbocycles. The van der Waals surface area contributed by atoms with Gasteiger partial charge in [-0.2, -0.15) is 0 Å². The second kappa shape index (κ2) is 10.5. The van der Waals surface area contributed by atoms with Crippen LogP contribution in [0.5, 0.6) is 11.5 Å². The summed E-state index contributed by atoms with van der Waals surface area (Å²) in [6.45, 7) is 11.1. The van der Waals surface area contributed by atoms with Crippen LogP contribution >= 0.6 is 0 Å². The first-order valence-corrected chi connectivity index (χ1v) is 8.52. The molecule has 24 heavy (non-hydrogen) atoms. The van der Waals surface area contributed by atoms with Gasteiger partial charge in [-0.1, -0.05) is 38.1 Å². The summed E-state index contributed by atoms with van der Waals surface area (Å²) in [7, 11) is 0. The predicted molar refractivity (Wildman–Crippen MR) is 98.5 cm³/mol. The van der Waals surface area contributed by atoms with Crippen molar-refractivity contribution >= 4 is 5.91 Å². The van der Waals surface area contributed by atoms with Crippen molar-refractivity contribution < 1.29 is 14.3 Å². The van der Waals surface area contributed by atoms with E-state index in [4.69, 9.17) is 9.47 Å². The zero-order chi connectivity index (χ0) is 17.9. The summed E-state index contributed by atoms with van der Waals surface area (Å²) >= 11 is 0. The van der Waals surface area contributed by atoms with Crippen molar-refractivity contribution in [3.05, 3.63) is 48.1 Å². The first-order valence-electron chi connectivity index (χ1n) is 8.52. The van der Waals surface area contributed by atoms with Crippen molar-refractivity contribution in [1.82, 2.24) is 5.32 Å². The van der Waals surface area contributed by atoms with E-state index in [-0.39, 0.29) is 17.9 Å². The fourth-order valence-electron chi connectivity index (χ4n) is 2.35. The highest BCUT2D eigenvalue weighted by atomic mass is 16.5. The Balaban J connectivity index is 3.03. The summed E-state index contributed by atoms with van der Waals surface area (Å²) in [4.78, 5) is 12.1. The van der Waals surface area contributed by atoms with Gasteiger partial charge >= 0.3 is 0 Å². The number of nitrogens with one attached hydrogen (secondary N) is 1. The van der Waals surface area contributed by atoms with Gasteiger partial charge in [0.1, 0.15) is 0 Å². The number of amides is 1. The van der Waals surface area contributed by atoms with Gasteiger partial charge in [0.15, 0.2) is 11.5 Å². The van der Waals surface area contributed by atoms with Crippen molar-refractivity contribution in [2.45, 2.75) is 40.7 Å². The van der Waals surface area contributed by atoms with Crippen molar-refractivity contribution in [1.29, 1.82) is 0 Å². The molecule has 0 bridgehead atoms. The highest BCUT2D eigenvalue weighted by molar-refractivity contribution is 5.88. The van der Waals surface area contributed by atoms with Gasteiger partial charge in [0.25, 0.3) is 0 Å². The molecule has 4 nitrogen and oxygen atoms in total. The van der Waals surface area contributed by atoms with E-state index in [9.17, 15) is 4.79 Å². The average molecular weight is 331 g/mol. The smallest absolute Gasteiger partial charge is 0.244 e. The number of carbonyl (C=O) groups is 1. The lowest BCUT2D eigenvalue weighted by Crippen LogP contribution is -2.30. The maximum Gasteiger partial charge on any atom is 0.244 e. The molecule has 1 N–H and O–H groups in total. The Morgan fingerprint density at radius 1 is 1.12 bits per heavy atom. The predicted octanol–water partition coefficient (Wildman–Crippen LogP) is 4.43. The first-order chi connectivity index (χ1) is 11.5. The molecular formula is C20H29NO3. The van der Waals surface area contributed by atoms with Crippen LogP contribution in [0.2, 0.25) is 0 Å². The van der Waals surface area contributed by atoms with Crippen LogP contribution in [0, 0.1) is 5.92 Å². The summed E-state index contributed by atoms with van der Waals surface area (Å²) in [5, 5.41) is 3.06. The molecule has 1 aromatic carbocycles. The van der Waals surface area contributed by atoms with Crippen LogP contribution in [0.15, 0.2) is 42.5 Å². The molecule has 1 unspecified atom stereocenters. The summed E-state index contributed by atoms with van der Waals surface area (Å²) in [6, 6.07) is 5.74. The van der Waals surface area contributed by atoms with E-state index >= 15 is 0 Å². The third-order valence-corrected chi connectivity index (χ3v) is 3.44. The molecule has 4 heteroatoms. The minimum atomic E-state index is -0.112. The Morgan fingerprint density at radius 3 is 2.38 bits per heavy atom. The number of benzene rings is 1. The second-order valence-electron chi connectivity index (χ2n) is 5.69. The molecular weight excluding hydrogens is 302 g/mol. The summed E-state index contributed by atoms with van der Waals surface area (Å²) in [5.41, 5.74) is 1.00. The van der Waals surface area contributed by atoms with E-state index in [1.807, 2.05) is 51.1 Å². The number of rotatable bonds is 9. The van der Waals surface area contributed by atoms with Crippen molar-refractivity contribution in [3.63, 3.8) is 0 Å². The number of ether oxygens (including phenoxy) is 2. The van der Waals surface area contributed by atoms with Gasteiger partial charge in [0.2, 0.25) is 5.91 Å². The lowest BCUT2D eigenvalue weighted by molar-refractivity contribution is -0.117. The van der Waals surface area contributed by atoms with Crippen LogP contribution in [0.1, 0.15) is 46.2 Å². The molecule has 0 saturated heterocycles. The van der Waals surface area contributed by atoms with Gasteiger partial charge in [-0.05, 0) is 44.4 Å². The number of hydrogen-bond donors (Lipinski definition) is 1. The normalized spacial score (nSPS) is 12.8. The Kier molecular flexibility index (Phi) is 8.69. The van der Waals surface area contributed by atoms with Crippen molar-refractivity contribution in [2.24, 2.45) is 5.92 Å². The maximum absolute atomic E-state index is 12.1. The quantitative estimate of drug-likeness (QED) is 0.538. The molecule has 1 amide bonds. The Bertz CT molecular complexity index is 576. The summed E-state index contributed by atoms with van der Waals surface area (Å²) in [5.74, 6) is 1.57. The summed E-state index contributed by atoms with van der Waals surface area (Å²) in [6.07, 6.45) is 6.97.